The van der Waals surface area contributed by atoms with E-state index in [4.69, 9.17) is 14.2 Å². The van der Waals surface area contributed by atoms with E-state index >= 15 is 0 Å². The van der Waals surface area contributed by atoms with Gasteiger partial charge in [-0.2, -0.15) is 0 Å². The molecule has 2 aliphatic rings. The van der Waals surface area contributed by atoms with Crippen LogP contribution in [0.4, 0.5) is 0 Å². The molecule has 0 bridgehead atoms. The Morgan fingerprint density at radius 3 is 2.60 bits per heavy atom. The van der Waals surface area contributed by atoms with Gasteiger partial charge in [0.1, 0.15) is 17.2 Å². The van der Waals surface area contributed by atoms with Gasteiger partial charge in [0, 0.05) is 20.2 Å². The van der Waals surface area contributed by atoms with Crippen molar-refractivity contribution in [2.75, 3.05) is 40.6 Å². The minimum Gasteiger partial charge on any atom is -0.497 e. The average Bonchev–Trinajstić information content (AvgIpc) is 2.92. The van der Waals surface area contributed by atoms with E-state index in [0.29, 0.717) is 39.3 Å². The van der Waals surface area contributed by atoms with Crippen LogP contribution < -0.4 is 10.1 Å². The highest BCUT2D eigenvalue weighted by Gasteiger charge is 2.47. The molecule has 2 fully saturated rings. The normalized spacial score (nSPS) is 21.8. The molecule has 3 rings (SSSR count). The highest BCUT2D eigenvalue weighted by molar-refractivity contribution is 5.91. The maximum atomic E-state index is 12.6. The lowest BCUT2D eigenvalue weighted by Gasteiger charge is -2.39. The summed E-state index contributed by atoms with van der Waals surface area (Å²) in [6, 6.07) is 7.16. The van der Waals surface area contributed by atoms with Crippen molar-refractivity contribution in [1.29, 1.82) is 0 Å². The molecule has 0 spiro atoms. The van der Waals surface area contributed by atoms with E-state index in [2.05, 4.69) is 5.32 Å². The van der Waals surface area contributed by atoms with E-state index < -0.39 is 11.5 Å². The van der Waals surface area contributed by atoms with Gasteiger partial charge in [-0.25, -0.2) is 0 Å². The molecule has 2 amide bonds. The van der Waals surface area contributed by atoms with E-state index in [1.807, 2.05) is 24.3 Å². The number of carbonyl (C=O) groups is 2. The van der Waals surface area contributed by atoms with Crippen LogP contribution in [0.3, 0.4) is 0 Å². The molecule has 25 heavy (non-hydrogen) atoms. The van der Waals surface area contributed by atoms with Crippen molar-refractivity contribution in [3.8, 4) is 5.75 Å². The summed E-state index contributed by atoms with van der Waals surface area (Å²) in [5, 5.41) is 2.88. The van der Waals surface area contributed by atoms with Crippen molar-refractivity contribution in [1.82, 2.24) is 10.2 Å². The molecule has 2 aliphatic heterocycles. The second kappa shape index (κ2) is 7.41. The first-order valence-electron chi connectivity index (χ1n) is 8.37. The fourth-order valence-electron chi connectivity index (χ4n) is 3.20. The number of methoxy groups -OCH3 is 2. The number of nitrogens with one attached hydrogen (secondary N) is 1. The monoisotopic (exact) mass is 348 g/mol. The minimum atomic E-state index is -0.654. The summed E-state index contributed by atoms with van der Waals surface area (Å²) >= 11 is 0. The molecule has 7 heteroatoms. The number of nitrogens with zero attached hydrogens (tertiary/aromatic N) is 1. The molecule has 136 valence electrons. The molecule has 0 aromatic heterocycles. The van der Waals surface area contributed by atoms with E-state index in [1.54, 1.807) is 19.1 Å². The van der Waals surface area contributed by atoms with Gasteiger partial charge in [-0.15, -0.1) is 0 Å². The van der Waals surface area contributed by atoms with Crippen molar-refractivity contribution in [2.24, 2.45) is 5.41 Å². The van der Waals surface area contributed by atoms with Crippen LogP contribution >= 0.6 is 0 Å². The van der Waals surface area contributed by atoms with E-state index in [1.165, 1.54) is 0 Å². The topological polar surface area (TPSA) is 77.1 Å². The zero-order chi connectivity index (χ0) is 17.9. The Labute approximate surface area is 147 Å². The van der Waals surface area contributed by atoms with Crippen molar-refractivity contribution in [2.45, 2.75) is 19.0 Å². The molecule has 2 saturated heterocycles. The number of amides is 2. The average molecular weight is 348 g/mol. The molecule has 0 aliphatic carbocycles. The fraction of sp³-hybridized carbons (Fsp3) is 0.556. The largest absolute Gasteiger partial charge is 0.497 e. The molecular formula is C18H24N2O5. The van der Waals surface area contributed by atoms with Crippen LogP contribution in [0.2, 0.25) is 0 Å². The second-order valence-corrected chi connectivity index (χ2v) is 6.63. The third-order valence-electron chi connectivity index (χ3n) is 4.79. The van der Waals surface area contributed by atoms with E-state index in [0.717, 1.165) is 11.3 Å². The summed E-state index contributed by atoms with van der Waals surface area (Å²) < 4.78 is 15.5. The summed E-state index contributed by atoms with van der Waals surface area (Å²) in [4.78, 5) is 26.9. The zero-order valence-electron chi connectivity index (χ0n) is 14.6. The number of likely N-dealkylation sites (tertiary alicyclic amines) is 1. The fourth-order valence-corrected chi connectivity index (χ4v) is 3.20. The third-order valence-corrected chi connectivity index (χ3v) is 4.79. The Bertz CT molecular complexity index is 627. The smallest absolute Gasteiger partial charge is 0.245 e. The maximum absolute atomic E-state index is 12.6. The first-order valence-corrected chi connectivity index (χ1v) is 8.37. The van der Waals surface area contributed by atoms with Gasteiger partial charge in [-0.3, -0.25) is 9.59 Å². The standard InChI is InChI=1S/C18H24N2O5/c1-23-10-18(11-25-12-18)17(22)19-15-7-8-20(16(15)21)9-13-3-5-14(24-2)6-4-13/h3-6,15H,7-12H2,1-2H3,(H,19,22). The van der Waals surface area contributed by atoms with Crippen LogP contribution in [0.25, 0.3) is 0 Å². The molecule has 1 aromatic carbocycles. The van der Waals surface area contributed by atoms with Gasteiger partial charge in [0.2, 0.25) is 11.8 Å². The van der Waals surface area contributed by atoms with Crippen LogP contribution in [0.15, 0.2) is 24.3 Å². The van der Waals surface area contributed by atoms with E-state index in [9.17, 15) is 9.59 Å². The molecule has 0 saturated carbocycles. The van der Waals surface area contributed by atoms with Crippen molar-refractivity contribution in [3.05, 3.63) is 29.8 Å². The van der Waals surface area contributed by atoms with Crippen LogP contribution in [-0.2, 0) is 25.6 Å². The molecule has 1 unspecified atom stereocenters. The summed E-state index contributed by atoms with van der Waals surface area (Å²) in [6.45, 7) is 2.13. The molecule has 1 aromatic rings. The van der Waals surface area contributed by atoms with Gasteiger partial charge in [-0.1, -0.05) is 12.1 Å². The summed E-state index contributed by atoms with van der Waals surface area (Å²) in [5.74, 6) is 0.579. The summed E-state index contributed by atoms with van der Waals surface area (Å²) in [6.07, 6.45) is 0.616. The Balaban J connectivity index is 1.57. The number of carbonyl (C=O) groups excluding carboxylic acids is 2. The van der Waals surface area contributed by atoms with Crippen molar-refractivity contribution < 1.29 is 23.8 Å². The Morgan fingerprint density at radius 1 is 1.32 bits per heavy atom. The summed E-state index contributed by atoms with van der Waals surface area (Å²) in [5.41, 5.74) is 0.377. The van der Waals surface area contributed by atoms with Gasteiger partial charge in [0.15, 0.2) is 0 Å². The van der Waals surface area contributed by atoms with Crippen LogP contribution in [0, 0.1) is 5.41 Å². The molecule has 0 radical (unpaired) electrons. The van der Waals surface area contributed by atoms with Crippen LogP contribution in [0.5, 0.6) is 5.75 Å². The van der Waals surface area contributed by atoms with Gasteiger partial charge in [-0.05, 0) is 24.1 Å². The lowest BCUT2D eigenvalue weighted by Crippen LogP contribution is -2.59. The maximum Gasteiger partial charge on any atom is 0.245 e. The first kappa shape index (κ1) is 17.7. The number of benzene rings is 1. The van der Waals surface area contributed by atoms with Gasteiger partial charge in [0.25, 0.3) is 0 Å². The van der Waals surface area contributed by atoms with Gasteiger partial charge >= 0.3 is 0 Å². The minimum absolute atomic E-state index is 0.0445. The highest BCUT2D eigenvalue weighted by Crippen LogP contribution is 2.29. The Hall–Kier alpha value is -2.12. The quantitative estimate of drug-likeness (QED) is 0.780. The third kappa shape index (κ3) is 3.62. The predicted octanol–water partition coefficient (Wildman–Crippen LogP) is 0.575. The lowest BCUT2D eigenvalue weighted by molar-refractivity contribution is -0.173. The van der Waals surface area contributed by atoms with Crippen LogP contribution in [0.1, 0.15) is 12.0 Å². The van der Waals surface area contributed by atoms with Crippen molar-refractivity contribution in [3.63, 3.8) is 0 Å². The molecule has 1 atom stereocenters. The number of hydrogen-bond donors (Lipinski definition) is 1. The molecule has 1 N–H and O–H groups in total. The number of hydrogen-bond acceptors (Lipinski definition) is 5. The number of rotatable bonds is 7. The zero-order valence-corrected chi connectivity index (χ0v) is 14.6. The Morgan fingerprint density at radius 2 is 2.04 bits per heavy atom. The summed E-state index contributed by atoms with van der Waals surface area (Å²) in [7, 11) is 3.18. The van der Waals surface area contributed by atoms with Gasteiger partial charge in [0.05, 0.1) is 26.9 Å². The predicted molar refractivity (Wildman–Crippen MR) is 90.1 cm³/mol. The Kier molecular flexibility index (Phi) is 5.24. The molecule has 7 nitrogen and oxygen atoms in total. The number of ether oxygens (including phenoxy) is 3. The lowest BCUT2D eigenvalue weighted by atomic mass is 9.85. The second-order valence-electron chi connectivity index (χ2n) is 6.63. The van der Waals surface area contributed by atoms with E-state index in [-0.39, 0.29) is 11.8 Å². The van der Waals surface area contributed by atoms with Gasteiger partial charge < -0.3 is 24.4 Å². The SMILES string of the molecule is COCC1(C(=O)NC2CCN(Cc3ccc(OC)cc3)C2=O)COC1. The molecule has 2 heterocycles. The first-order chi connectivity index (χ1) is 12.1. The highest BCUT2D eigenvalue weighted by atomic mass is 16.5. The van der Waals surface area contributed by atoms with Crippen LogP contribution in [-0.4, -0.2) is 63.3 Å². The molecular weight excluding hydrogens is 324 g/mol. The van der Waals surface area contributed by atoms with Crippen molar-refractivity contribution >= 4 is 11.8 Å².